The Morgan fingerprint density at radius 2 is 1.38 bits per heavy atom. The fraction of sp³-hybridized carbons (Fsp3) is 0.174. The second-order valence-corrected chi connectivity index (χ2v) is 6.17. The van der Waals surface area contributed by atoms with Crippen LogP contribution in [0.4, 0.5) is 0 Å². The second-order valence-electron chi connectivity index (χ2n) is 6.17. The van der Waals surface area contributed by atoms with Gasteiger partial charge in [0.1, 0.15) is 24.7 Å². The number of para-hydroxylation sites is 1. The van der Waals surface area contributed by atoms with Crippen molar-refractivity contribution in [1.82, 2.24) is 0 Å². The van der Waals surface area contributed by atoms with Gasteiger partial charge in [0.25, 0.3) is 0 Å². The van der Waals surface area contributed by atoms with E-state index in [0.29, 0.717) is 13.2 Å². The molecule has 3 rings (SSSR count). The maximum absolute atomic E-state index is 6.08. The summed E-state index contributed by atoms with van der Waals surface area (Å²) in [6.07, 6.45) is 0. The quantitative estimate of drug-likeness (QED) is 0.429. The van der Waals surface area contributed by atoms with Crippen LogP contribution in [-0.2, 0) is 11.4 Å². The Morgan fingerprint density at radius 1 is 0.769 bits per heavy atom. The fourth-order valence-electron chi connectivity index (χ4n) is 2.72. The number of aryl methyl sites for hydroxylation is 2. The molecular weight excluding hydrogens is 322 g/mol. The van der Waals surface area contributed by atoms with Crippen LogP contribution in [-0.4, -0.2) is 12.3 Å². The van der Waals surface area contributed by atoms with Crippen LogP contribution >= 0.6 is 0 Å². The van der Waals surface area contributed by atoms with Crippen LogP contribution in [0.2, 0.25) is 0 Å². The van der Waals surface area contributed by atoms with Gasteiger partial charge in [-0.1, -0.05) is 84.0 Å². The third-order valence-electron chi connectivity index (χ3n) is 4.12. The molecule has 0 saturated carbocycles. The summed E-state index contributed by atoms with van der Waals surface area (Å²) in [6, 6.07) is 26.1. The molecule has 26 heavy (non-hydrogen) atoms. The first-order valence-electron chi connectivity index (χ1n) is 8.71. The molecule has 0 aliphatic heterocycles. The highest BCUT2D eigenvalue weighted by molar-refractivity contribution is 6.01. The number of hydrogen-bond donors (Lipinski definition) is 0. The highest BCUT2D eigenvalue weighted by Crippen LogP contribution is 2.22. The second kappa shape index (κ2) is 8.86. The molecule has 0 amide bonds. The molecule has 0 N–H and O–H groups in total. The summed E-state index contributed by atoms with van der Waals surface area (Å²) in [5.74, 6) is 0.902. The molecule has 0 aliphatic rings. The molecule has 0 fully saturated rings. The first-order valence-corrected chi connectivity index (χ1v) is 8.71. The summed E-state index contributed by atoms with van der Waals surface area (Å²) in [7, 11) is 0. The third kappa shape index (κ3) is 4.73. The van der Waals surface area contributed by atoms with Gasteiger partial charge in [0.15, 0.2) is 0 Å². The first-order chi connectivity index (χ1) is 12.7. The van der Waals surface area contributed by atoms with Crippen LogP contribution < -0.4 is 4.74 Å². The molecule has 3 nitrogen and oxygen atoms in total. The zero-order valence-corrected chi connectivity index (χ0v) is 15.2. The van der Waals surface area contributed by atoms with Crippen molar-refractivity contribution in [3.05, 3.63) is 101 Å². The lowest BCUT2D eigenvalue weighted by Crippen LogP contribution is -2.14. The van der Waals surface area contributed by atoms with Crippen LogP contribution in [0.3, 0.4) is 0 Å². The van der Waals surface area contributed by atoms with Gasteiger partial charge in [-0.2, -0.15) is 0 Å². The summed E-state index contributed by atoms with van der Waals surface area (Å²) in [6.45, 7) is 4.88. The van der Waals surface area contributed by atoms with Gasteiger partial charge >= 0.3 is 0 Å². The summed E-state index contributed by atoms with van der Waals surface area (Å²) in [4.78, 5) is 5.59. The van der Waals surface area contributed by atoms with Crippen molar-refractivity contribution in [2.24, 2.45) is 5.16 Å². The van der Waals surface area contributed by atoms with Gasteiger partial charge in [0.05, 0.1) is 0 Å². The van der Waals surface area contributed by atoms with Gasteiger partial charge in [-0.15, -0.1) is 0 Å². The van der Waals surface area contributed by atoms with Gasteiger partial charge < -0.3 is 9.57 Å². The maximum Gasteiger partial charge on any atom is 0.142 e. The topological polar surface area (TPSA) is 30.8 Å². The van der Waals surface area contributed by atoms with Crippen LogP contribution in [0.5, 0.6) is 5.75 Å². The number of hydrogen-bond acceptors (Lipinski definition) is 3. The average molecular weight is 345 g/mol. The number of ether oxygens (including phenoxy) is 1. The largest absolute Gasteiger partial charge is 0.487 e. The van der Waals surface area contributed by atoms with Crippen molar-refractivity contribution in [3.63, 3.8) is 0 Å². The highest BCUT2D eigenvalue weighted by Gasteiger charge is 2.09. The zero-order valence-electron chi connectivity index (χ0n) is 15.2. The molecule has 0 spiro atoms. The van der Waals surface area contributed by atoms with Crippen molar-refractivity contribution >= 4 is 5.71 Å². The molecule has 0 atom stereocenters. The van der Waals surface area contributed by atoms with E-state index in [1.807, 2.05) is 92.7 Å². The summed E-state index contributed by atoms with van der Waals surface area (Å²) in [5, 5.41) is 4.36. The van der Waals surface area contributed by atoms with Crippen molar-refractivity contribution in [2.75, 3.05) is 6.61 Å². The van der Waals surface area contributed by atoms with E-state index in [0.717, 1.165) is 33.7 Å². The lowest BCUT2D eigenvalue weighted by molar-refractivity contribution is 0.129. The van der Waals surface area contributed by atoms with Crippen molar-refractivity contribution in [3.8, 4) is 5.75 Å². The lowest BCUT2D eigenvalue weighted by Gasteiger charge is -2.13. The van der Waals surface area contributed by atoms with Crippen molar-refractivity contribution < 1.29 is 9.57 Å². The fourth-order valence-corrected chi connectivity index (χ4v) is 2.72. The molecule has 3 aromatic carbocycles. The van der Waals surface area contributed by atoms with E-state index in [1.165, 1.54) is 0 Å². The van der Waals surface area contributed by atoms with Crippen LogP contribution in [0.25, 0.3) is 0 Å². The molecule has 0 bridgehead atoms. The predicted octanol–water partition coefficient (Wildman–Crippen LogP) is 5.30. The van der Waals surface area contributed by atoms with Gasteiger partial charge in [-0.25, -0.2) is 0 Å². The van der Waals surface area contributed by atoms with Crippen LogP contribution in [0.15, 0.2) is 84.0 Å². The summed E-state index contributed by atoms with van der Waals surface area (Å²) < 4.78 is 6.08. The molecule has 0 unspecified atom stereocenters. The molecular formula is C23H23NO2. The molecule has 0 aliphatic carbocycles. The number of nitrogens with zero attached hydrogens (tertiary/aromatic N) is 1. The molecule has 0 heterocycles. The van der Waals surface area contributed by atoms with Crippen molar-refractivity contribution in [1.29, 1.82) is 0 Å². The van der Waals surface area contributed by atoms with Gasteiger partial charge in [-0.3, -0.25) is 0 Å². The van der Waals surface area contributed by atoms with E-state index in [-0.39, 0.29) is 0 Å². The van der Waals surface area contributed by atoms with Gasteiger partial charge in [0, 0.05) is 5.56 Å². The Morgan fingerprint density at radius 3 is 2.04 bits per heavy atom. The highest BCUT2D eigenvalue weighted by atomic mass is 16.6. The minimum atomic E-state index is 0.352. The smallest absolute Gasteiger partial charge is 0.142 e. The monoisotopic (exact) mass is 345 g/mol. The minimum Gasteiger partial charge on any atom is -0.487 e. The summed E-state index contributed by atoms with van der Waals surface area (Å²) >= 11 is 0. The lowest BCUT2D eigenvalue weighted by atomic mass is 10.1. The van der Waals surface area contributed by atoms with E-state index < -0.39 is 0 Å². The van der Waals surface area contributed by atoms with E-state index in [2.05, 4.69) is 5.16 Å². The SMILES string of the molecule is Cc1cccc(C)c1OC/C(=N\OCc1ccccc1)c1ccccc1. The van der Waals surface area contributed by atoms with Crippen LogP contribution in [0, 0.1) is 13.8 Å². The standard InChI is InChI=1S/C23H23NO2/c1-18-10-9-11-19(2)23(18)25-17-22(21-14-7-4-8-15-21)24-26-16-20-12-5-3-6-13-20/h3-15H,16-17H2,1-2H3/b24-22+. The predicted molar refractivity (Wildman–Crippen MR) is 106 cm³/mol. The zero-order chi connectivity index (χ0) is 18.2. The molecule has 0 saturated heterocycles. The first kappa shape index (κ1) is 17.7. The molecule has 3 aromatic rings. The number of benzene rings is 3. The molecule has 0 radical (unpaired) electrons. The Balaban J connectivity index is 1.74. The van der Waals surface area contributed by atoms with E-state index in [9.17, 15) is 0 Å². The minimum absolute atomic E-state index is 0.352. The molecule has 132 valence electrons. The molecule has 0 aromatic heterocycles. The van der Waals surface area contributed by atoms with Crippen LogP contribution in [0.1, 0.15) is 22.3 Å². The normalized spacial score (nSPS) is 11.2. The van der Waals surface area contributed by atoms with Crippen molar-refractivity contribution in [2.45, 2.75) is 20.5 Å². The van der Waals surface area contributed by atoms with Gasteiger partial charge in [0.2, 0.25) is 0 Å². The Kier molecular flexibility index (Phi) is 6.05. The number of rotatable bonds is 7. The third-order valence-corrected chi connectivity index (χ3v) is 4.12. The maximum atomic E-state index is 6.08. The molecule has 3 heteroatoms. The average Bonchev–Trinajstić information content (AvgIpc) is 2.67. The summed E-state index contributed by atoms with van der Waals surface area (Å²) in [5.41, 5.74) is 5.07. The Hall–Kier alpha value is -3.07. The number of oxime groups is 1. The Labute approximate surface area is 154 Å². The van der Waals surface area contributed by atoms with E-state index in [1.54, 1.807) is 0 Å². The van der Waals surface area contributed by atoms with Gasteiger partial charge in [-0.05, 0) is 30.5 Å². The van der Waals surface area contributed by atoms with E-state index >= 15 is 0 Å². The van der Waals surface area contributed by atoms with E-state index in [4.69, 9.17) is 9.57 Å². The Bertz CT molecular complexity index is 838.